The molecule has 1 aromatic rings. The number of carboxylic acids is 1. The summed E-state index contributed by atoms with van der Waals surface area (Å²) in [5.74, 6) is -1.39. The van der Waals surface area contributed by atoms with E-state index in [2.05, 4.69) is 4.98 Å². The van der Waals surface area contributed by atoms with Gasteiger partial charge in [0.2, 0.25) is 0 Å². The SMILES string of the molecule is O=C(O)c1nc2c(cc1O)CCCC2. The van der Waals surface area contributed by atoms with Crippen LogP contribution in [0.5, 0.6) is 5.75 Å². The minimum Gasteiger partial charge on any atom is -0.505 e. The van der Waals surface area contributed by atoms with Crippen LogP contribution in [0, 0.1) is 0 Å². The van der Waals surface area contributed by atoms with E-state index in [1.165, 1.54) is 6.07 Å². The van der Waals surface area contributed by atoms with Gasteiger partial charge in [-0.05, 0) is 37.3 Å². The summed E-state index contributed by atoms with van der Waals surface area (Å²) in [4.78, 5) is 14.6. The molecule has 14 heavy (non-hydrogen) atoms. The summed E-state index contributed by atoms with van der Waals surface area (Å²) >= 11 is 0. The topological polar surface area (TPSA) is 70.4 Å². The Balaban J connectivity index is 2.50. The number of hydrogen-bond donors (Lipinski definition) is 2. The van der Waals surface area contributed by atoms with Crippen molar-refractivity contribution < 1.29 is 15.0 Å². The second-order valence-electron chi connectivity index (χ2n) is 3.47. The average Bonchev–Trinajstić information content (AvgIpc) is 2.16. The molecule has 0 fully saturated rings. The van der Waals surface area contributed by atoms with Gasteiger partial charge in [0.1, 0.15) is 5.75 Å². The Kier molecular flexibility index (Phi) is 2.11. The third kappa shape index (κ3) is 1.43. The molecule has 0 saturated heterocycles. The molecular formula is C10H11NO3. The van der Waals surface area contributed by atoms with Crippen molar-refractivity contribution in [3.05, 3.63) is 23.0 Å². The van der Waals surface area contributed by atoms with Crippen molar-refractivity contribution in [3.63, 3.8) is 0 Å². The zero-order valence-electron chi connectivity index (χ0n) is 7.66. The lowest BCUT2D eigenvalue weighted by molar-refractivity contribution is 0.0686. The Morgan fingerprint density at radius 2 is 2.07 bits per heavy atom. The molecule has 2 N–H and O–H groups in total. The van der Waals surface area contributed by atoms with Gasteiger partial charge in [-0.1, -0.05) is 0 Å². The van der Waals surface area contributed by atoms with E-state index >= 15 is 0 Å². The summed E-state index contributed by atoms with van der Waals surface area (Å²) in [5.41, 5.74) is 1.58. The quantitative estimate of drug-likeness (QED) is 0.706. The van der Waals surface area contributed by atoms with Crippen molar-refractivity contribution >= 4 is 5.97 Å². The number of nitrogens with zero attached hydrogens (tertiary/aromatic N) is 1. The summed E-state index contributed by atoms with van der Waals surface area (Å²) in [6.07, 6.45) is 3.83. The van der Waals surface area contributed by atoms with Crippen LogP contribution in [0.1, 0.15) is 34.6 Å². The number of rotatable bonds is 1. The fourth-order valence-corrected chi connectivity index (χ4v) is 1.78. The summed E-state index contributed by atoms with van der Waals surface area (Å²) in [5, 5.41) is 18.1. The zero-order valence-corrected chi connectivity index (χ0v) is 7.66. The van der Waals surface area contributed by atoms with Crippen molar-refractivity contribution in [1.29, 1.82) is 0 Å². The lowest BCUT2D eigenvalue weighted by Crippen LogP contribution is -2.10. The molecule has 0 amide bonds. The largest absolute Gasteiger partial charge is 0.505 e. The maximum Gasteiger partial charge on any atom is 0.358 e. The Hall–Kier alpha value is -1.58. The minimum absolute atomic E-state index is 0.224. The van der Waals surface area contributed by atoms with Gasteiger partial charge < -0.3 is 10.2 Å². The van der Waals surface area contributed by atoms with Crippen molar-refractivity contribution in [1.82, 2.24) is 4.98 Å². The third-order valence-corrected chi connectivity index (χ3v) is 2.48. The van der Waals surface area contributed by atoms with E-state index in [4.69, 9.17) is 5.11 Å². The molecule has 0 bridgehead atoms. The second kappa shape index (κ2) is 3.29. The number of hydrogen-bond acceptors (Lipinski definition) is 3. The molecule has 4 nitrogen and oxygen atoms in total. The molecule has 0 radical (unpaired) electrons. The molecule has 0 aromatic carbocycles. The van der Waals surface area contributed by atoms with Gasteiger partial charge in [-0.3, -0.25) is 0 Å². The first kappa shape index (κ1) is 8.99. The minimum atomic E-state index is -1.17. The van der Waals surface area contributed by atoms with Crippen LogP contribution in [-0.4, -0.2) is 21.2 Å². The number of aromatic nitrogens is 1. The predicted octanol–water partition coefficient (Wildman–Crippen LogP) is 1.36. The average molecular weight is 193 g/mol. The van der Waals surface area contributed by atoms with E-state index < -0.39 is 5.97 Å². The van der Waals surface area contributed by atoms with E-state index in [0.717, 1.165) is 36.9 Å². The Morgan fingerprint density at radius 1 is 1.36 bits per heavy atom. The highest BCUT2D eigenvalue weighted by Gasteiger charge is 2.18. The monoisotopic (exact) mass is 193 g/mol. The van der Waals surface area contributed by atoms with Crippen molar-refractivity contribution in [2.45, 2.75) is 25.7 Å². The van der Waals surface area contributed by atoms with E-state index in [0.29, 0.717) is 0 Å². The Labute approximate surface area is 81.2 Å². The Morgan fingerprint density at radius 3 is 2.79 bits per heavy atom. The van der Waals surface area contributed by atoms with Gasteiger partial charge in [0.05, 0.1) is 0 Å². The summed E-state index contributed by atoms with van der Waals surface area (Å²) in [6, 6.07) is 1.53. The number of carboxylic acid groups (broad SMARTS) is 1. The predicted molar refractivity (Wildman–Crippen MR) is 49.5 cm³/mol. The number of aromatic carboxylic acids is 1. The normalized spacial score (nSPS) is 14.9. The molecule has 1 heterocycles. The summed E-state index contributed by atoms with van der Waals surface area (Å²) in [7, 11) is 0. The van der Waals surface area contributed by atoms with Crippen LogP contribution < -0.4 is 0 Å². The highest BCUT2D eigenvalue weighted by molar-refractivity contribution is 5.88. The van der Waals surface area contributed by atoms with Crippen LogP contribution >= 0.6 is 0 Å². The third-order valence-electron chi connectivity index (χ3n) is 2.48. The summed E-state index contributed by atoms with van der Waals surface area (Å²) in [6.45, 7) is 0. The highest BCUT2D eigenvalue weighted by Crippen LogP contribution is 2.25. The number of pyridine rings is 1. The van der Waals surface area contributed by atoms with Crippen LogP contribution in [0.15, 0.2) is 6.07 Å². The molecule has 4 heteroatoms. The molecular weight excluding hydrogens is 182 g/mol. The first-order valence-electron chi connectivity index (χ1n) is 4.63. The van der Waals surface area contributed by atoms with Crippen LogP contribution in [0.4, 0.5) is 0 Å². The van der Waals surface area contributed by atoms with E-state index in [9.17, 15) is 9.90 Å². The zero-order chi connectivity index (χ0) is 10.1. The van der Waals surface area contributed by atoms with Gasteiger partial charge >= 0.3 is 5.97 Å². The van der Waals surface area contributed by atoms with Gasteiger partial charge in [-0.15, -0.1) is 0 Å². The van der Waals surface area contributed by atoms with Crippen LogP contribution in [0.3, 0.4) is 0 Å². The van der Waals surface area contributed by atoms with Gasteiger partial charge in [0.15, 0.2) is 5.69 Å². The fraction of sp³-hybridized carbons (Fsp3) is 0.400. The first-order chi connectivity index (χ1) is 6.68. The highest BCUT2D eigenvalue weighted by atomic mass is 16.4. The first-order valence-corrected chi connectivity index (χ1v) is 4.63. The standard InChI is InChI=1S/C10H11NO3/c12-8-5-6-3-1-2-4-7(6)11-9(8)10(13)14/h5,12H,1-4H2,(H,13,14). The van der Waals surface area contributed by atoms with Crippen LogP contribution in [0.2, 0.25) is 0 Å². The van der Waals surface area contributed by atoms with Gasteiger partial charge in [0, 0.05) is 5.69 Å². The second-order valence-corrected chi connectivity index (χ2v) is 3.47. The number of aryl methyl sites for hydroxylation is 2. The van der Waals surface area contributed by atoms with Crippen molar-refractivity contribution in [3.8, 4) is 5.75 Å². The lowest BCUT2D eigenvalue weighted by atomic mass is 9.95. The fourth-order valence-electron chi connectivity index (χ4n) is 1.78. The van der Waals surface area contributed by atoms with Gasteiger partial charge in [0.25, 0.3) is 0 Å². The molecule has 0 aliphatic heterocycles. The summed E-state index contributed by atoms with van der Waals surface area (Å²) < 4.78 is 0. The molecule has 1 aliphatic rings. The maximum absolute atomic E-state index is 10.7. The molecule has 0 saturated carbocycles. The van der Waals surface area contributed by atoms with Crippen LogP contribution in [0.25, 0.3) is 0 Å². The molecule has 0 atom stereocenters. The van der Waals surface area contributed by atoms with Gasteiger partial charge in [-0.25, -0.2) is 9.78 Å². The molecule has 2 rings (SSSR count). The van der Waals surface area contributed by atoms with Crippen molar-refractivity contribution in [2.75, 3.05) is 0 Å². The Bertz CT molecular complexity index is 387. The van der Waals surface area contributed by atoms with Crippen molar-refractivity contribution in [2.24, 2.45) is 0 Å². The van der Waals surface area contributed by atoms with Gasteiger partial charge in [-0.2, -0.15) is 0 Å². The molecule has 1 aromatic heterocycles. The molecule has 0 unspecified atom stereocenters. The maximum atomic E-state index is 10.7. The van der Waals surface area contributed by atoms with E-state index in [-0.39, 0.29) is 11.4 Å². The number of carbonyl (C=O) groups is 1. The van der Waals surface area contributed by atoms with E-state index in [1.807, 2.05) is 0 Å². The lowest BCUT2D eigenvalue weighted by Gasteiger charge is -2.15. The van der Waals surface area contributed by atoms with E-state index in [1.54, 1.807) is 0 Å². The molecule has 74 valence electrons. The van der Waals surface area contributed by atoms with Crippen LogP contribution in [-0.2, 0) is 12.8 Å². The smallest absolute Gasteiger partial charge is 0.358 e. The molecule has 0 spiro atoms. The molecule has 1 aliphatic carbocycles. The number of fused-ring (bicyclic) bond motifs is 1. The number of aromatic hydroxyl groups is 1.